The van der Waals surface area contributed by atoms with Gasteiger partial charge in [-0.2, -0.15) is 4.98 Å². The van der Waals surface area contributed by atoms with Crippen LogP contribution >= 0.6 is 0 Å². The first kappa shape index (κ1) is 16.4. The summed E-state index contributed by atoms with van der Waals surface area (Å²) in [6.45, 7) is 2.37. The molecular formula is C20H15FN6O. The van der Waals surface area contributed by atoms with Crippen molar-refractivity contribution in [2.75, 3.05) is 0 Å². The zero-order chi connectivity index (χ0) is 19.1. The molecule has 0 fully saturated rings. The van der Waals surface area contributed by atoms with Crippen molar-refractivity contribution in [2.24, 2.45) is 0 Å². The molecule has 0 radical (unpaired) electrons. The molecule has 0 spiro atoms. The van der Waals surface area contributed by atoms with Crippen molar-refractivity contribution in [3.05, 3.63) is 71.8 Å². The van der Waals surface area contributed by atoms with Crippen LogP contribution in [-0.2, 0) is 6.54 Å². The molecule has 0 unspecified atom stereocenters. The van der Waals surface area contributed by atoms with Gasteiger partial charge in [-0.05, 0) is 48.2 Å². The summed E-state index contributed by atoms with van der Waals surface area (Å²) < 4.78 is 20.2. The lowest BCUT2D eigenvalue weighted by Gasteiger charge is -2.03. The number of H-pyrrole nitrogens is 1. The maximum atomic E-state index is 13.1. The average Bonchev–Trinajstić information content (AvgIpc) is 3.43. The van der Waals surface area contributed by atoms with E-state index in [1.54, 1.807) is 16.8 Å². The molecule has 0 aliphatic carbocycles. The minimum absolute atomic E-state index is 0.267. The highest BCUT2D eigenvalue weighted by Crippen LogP contribution is 2.25. The Morgan fingerprint density at radius 2 is 1.96 bits per heavy atom. The molecule has 0 atom stereocenters. The lowest BCUT2D eigenvalue weighted by Crippen LogP contribution is -2.04. The van der Waals surface area contributed by atoms with E-state index in [-0.39, 0.29) is 5.82 Å². The van der Waals surface area contributed by atoms with Crippen LogP contribution in [0.5, 0.6) is 0 Å². The number of nitrogens with one attached hydrogen (secondary N) is 1. The second kappa shape index (κ2) is 6.41. The van der Waals surface area contributed by atoms with Crippen molar-refractivity contribution >= 4 is 10.9 Å². The highest BCUT2D eigenvalue weighted by Gasteiger charge is 2.18. The number of hydrogen-bond acceptors (Lipinski definition) is 5. The van der Waals surface area contributed by atoms with Gasteiger partial charge in [-0.15, -0.1) is 5.10 Å². The summed E-state index contributed by atoms with van der Waals surface area (Å²) in [5.74, 6) is 0.528. The Labute approximate surface area is 158 Å². The second-order valence-corrected chi connectivity index (χ2v) is 6.51. The van der Waals surface area contributed by atoms with Crippen LogP contribution in [0.25, 0.3) is 33.9 Å². The van der Waals surface area contributed by atoms with Gasteiger partial charge in [0.1, 0.15) is 5.82 Å². The van der Waals surface area contributed by atoms with E-state index in [0.717, 1.165) is 27.7 Å². The van der Waals surface area contributed by atoms with Crippen molar-refractivity contribution in [2.45, 2.75) is 13.5 Å². The van der Waals surface area contributed by atoms with Crippen molar-refractivity contribution in [1.82, 2.24) is 30.1 Å². The van der Waals surface area contributed by atoms with E-state index in [4.69, 9.17) is 4.52 Å². The fraction of sp³-hybridized carbons (Fsp3) is 0.100. The molecule has 0 aliphatic heterocycles. The Bertz CT molecular complexity index is 1270. The van der Waals surface area contributed by atoms with Crippen molar-refractivity contribution in [3.8, 4) is 23.0 Å². The minimum atomic E-state index is -0.267. The molecule has 5 aromatic rings. The van der Waals surface area contributed by atoms with Crippen LogP contribution in [0, 0.1) is 12.7 Å². The monoisotopic (exact) mass is 374 g/mol. The number of hydrogen-bond donors (Lipinski definition) is 1. The van der Waals surface area contributed by atoms with Crippen molar-refractivity contribution < 1.29 is 8.91 Å². The molecule has 0 amide bonds. The summed E-state index contributed by atoms with van der Waals surface area (Å²) in [5, 5.41) is 13.5. The van der Waals surface area contributed by atoms with E-state index in [2.05, 4.69) is 25.4 Å². The Morgan fingerprint density at radius 1 is 1.11 bits per heavy atom. The molecule has 3 heterocycles. The number of aromatic amines is 1. The van der Waals surface area contributed by atoms with E-state index in [9.17, 15) is 4.39 Å². The van der Waals surface area contributed by atoms with Crippen LogP contribution in [-0.4, -0.2) is 30.1 Å². The Hall–Kier alpha value is -3.81. The number of benzene rings is 2. The second-order valence-electron chi connectivity index (χ2n) is 6.51. The Morgan fingerprint density at radius 3 is 2.82 bits per heavy atom. The lowest BCUT2D eigenvalue weighted by molar-refractivity contribution is 0.432. The molecule has 138 valence electrons. The molecule has 7 nitrogen and oxygen atoms in total. The third-order valence-electron chi connectivity index (χ3n) is 4.67. The van der Waals surface area contributed by atoms with Gasteiger partial charge in [0.15, 0.2) is 5.69 Å². The number of nitrogens with zero attached hydrogens (tertiary/aromatic N) is 5. The third-order valence-corrected chi connectivity index (χ3v) is 4.67. The smallest absolute Gasteiger partial charge is 0.258 e. The number of rotatable bonds is 4. The first-order valence-electron chi connectivity index (χ1n) is 8.73. The van der Waals surface area contributed by atoms with Gasteiger partial charge in [-0.25, -0.2) is 9.07 Å². The average molecular weight is 374 g/mol. The van der Waals surface area contributed by atoms with Gasteiger partial charge in [0.25, 0.3) is 5.89 Å². The van der Waals surface area contributed by atoms with Crippen molar-refractivity contribution in [1.29, 1.82) is 0 Å². The summed E-state index contributed by atoms with van der Waals surface area (Å²) >= 11 is 0. The molecule has 8 heteroatoms. The summed E-state index contributed by atoms with van der Waals surface area (Å²) in [7, 11) is 0. The van der Waals surface area contributed by atoms with E-state index in [1.807, 2.05) is 37.4 Å². The topological polar surface area (TPSA) is 85.4 Å². The minimum Gasteiger partial charge on any atom is -0.361 e. The maximum absolute atomic E-state index is 13.1. The number of fused-ring (bicyclic) bond motifs is 1. The molecule has 0 aliphatic rings. The van der Waals surface area contributed by atoms with Gasteiger partial charge in [0.05, 0.1) is 12.2 Å². The molecule has 0 bridgehead atoms. The first-order chi connectivity index (χ1) is 13.7. The molecular weight excluding hydrogens is 359 g/mol. The molecule has 0 saturated carbocycles. The predicted molar refractivity (Wildman–Crippen MR) is 101 cm³/mol. The van der Waals surface area contributed by atoms with Crippen LogP contribution < -0.4 is 0 Å². The van der Waals surface area contributed by atoms with Gasteiger partial charge in [-0.1, -0.05) is 28.6 Å². The molecule has 3 aromatic heterocycles. The van der Waals surface area contributed by atoms with E-state index < -0.39 is 0 Å². The van der Waals surface area contributed by atoms with Gasteiger partial charge in [0.2, 0.25) is 5.82 Å². The molecule has 2 aromatic carbocycles. The highest BCUT2D eigenvalue weighted by atomic mass is 19.1. The van der Waals surface area contributed by atoms with E-state index in [1.165, 1.54) is 12.1 Å². The summed E-state index contributed by atoms with van der Waals surface area (Å²) in [5.41, 5.74) is 4.10. The normalized spacial score (nSPS) is 11.4. The first-order valence-corrected chi connectivity index (χ1v) is 8.73. The standard InChI is InChI=1S/C20H15FN6O/c1-12-18(24-26-27(12)11-13-2-6-16(21)7-3-13)19-23-20(28-25-19)15-5-4-14-8-9-22-17(14)10-15/h2-10,22H,11H2,1H3. The quantitative estimate of drug-likeness (QED) is 0.514. The fourth-order valence-electron chi connectivity index (χ4n) is 3.10. The molecule has 0 saturated heterocycles. The van der Waals surface area contributed by atoms with Crippen LogP contribution in [0.3, 0.4) is 0 Å². The zero-order valence-electron chi connectivity index (χ0n) is 14.9. The summed E-state index contributed by atoms with van der Waals surface area (Å²) in [6.07, 6.45) is 1.89. The Balaban J connectivity index is 1.44. The summed E-state index contributed by atoms with van der Waals surface area (Å²) in [4.78, 5) is 7.65. The van der Waals surface area contributed by atoms with Crippen LogP contribution in [0.2, 0.25) is 0 Å². The largest absolute Gasteiger partial charge is 0.361 e. The van der Waals surface area contributed by atoms with E-state index in [0.29, 0.717) is 24.0 Å². The predicted octanol–water partition coefficient (Wildman–Crippen LogP) is 3.97. The molecule has 5 rings (SSSR count). The highest BCUT2D eigenvalue weighted by molar-refractivity contribution is 5.83. The van der Waals surface area contributed by atoms with Gasteiger partial charge < -0.3 is 9.51 Å². The van der Waals surface area contributed by atoms with Crippen LogP contribution in [0.4, 0.5) is 4.39 Å². The molecule has 28 heavy (non-hydrogen) atoms. The maximum Gasteiger partial charge on any atom is 0.258 e. The van der Waals surface area contributed by atoms with Crippen LogP contribution in [0.1, 0.15) is 11.3 Å². The SMILES string of the molecule is Cc1c(-c2noc(-c3ccc4cc[nH]c4c3)n2)nnn1Cc1ccc(F)cc1. The van der Waals surface area contributed by atoms with Crippen LogP contribution in [0.15, 0.2) is 59.3 Å². The number of halogens is 1. The third kappa shape index (κ3) is 2.84. The van der Waals surface area contributed by atoms with Crippen molar-refractivity contribution in [3.63, 3.8) is 0 Å². The molecule has 1 N–H and O–H groups in total. The van der Waals surface area contributed by atoms with E-state index >= 15 is 0 Å². The fourth-order valence-corrected chi connectivity index (χ4v) is 3.10. The Kier molecular flexibility index (Phi) is 3.75. The lowest BCUT2D eigenvalue weighted by atomic mass is 10.1. The summed E-state index contributed by atoms with van der Waals surface area (Å²) in [6, 6.07) is 14.2. The van der Waals surface area contributed by atoms with Gasteiger partial charge >= 0.3 is 0 Å². The van der Waals surface area contributed by atoms with Gasteiger partial charge in [-0.3, -0.25) is 0 Å². The zero-order valence-corrected chi connectivity index (χ0v) is 14.9. The van der Waals surface area contributed by atoms with Gasteiger partial charge in [0, 0.05) is 17.3 Å². The number of aromatic nitrogens is 6.